The molecule has 0 saturated carbocycles. The minimum atomic E-state index is 0.339. The Kier molecular flexibility index (Phi) is 12.5. The number of nitriles is 1. The maximum atomic E-state index is 13.0. The summed E-state index contributed by atoms with van der Waals surface area (Å²) in [5.41, 5.74) is 22.9. The lowest BCUT2D eigenvalue weighted by Crippen LogP contribution is -2.09. The molecule has 7 heteroatoms. The number of rotatable bonds is 9. The monoisotopic (exact) mass is 1260 g/mol. The molecule has 460 valence electrons. The summed E-state index contributed by atoms with van der Waals surface area (Å²) in [6, 6.07) is 109. The molecule has 0 aliphatic heterocycles. The molecule has 5 aromatic heterocycles. The molecule has 0 fully saturated rings. The molecule has 1 aliphatic carbocycles. The van der Waals surface area contributed by atoms with Gasteiger partial charge < -0.3 is 22.7 Å². The van der Waals surface area contributed by atoms with Gasteiger partial charge in [-0.15, -0.1) is 0 Å². The molecule has 20 rings (SSSR count). The zero-order valence-corrected chi connectivity index (χ0v) is 53.5. The highest BCUT2D eigenvalue weighted by molar-refractivity contribution is 6.30. The number of para-hydroxylation sites is 3. The van der Waals surface area contributed by atoms with Crippen molar-refractivity contribution in [1.29, 1.82) is 5.26 Å². The van der Waals surface area contributed by atoms with E-state index in [0.29, 0.717) is 39.3 Å². The van der Waals surface area contributed by atoms with Gasteiger partial charge in [0.15, 0.2) is 0 Å². The molecular weight excluding hydrogens is 1210 g/mol. The number of allylic oxidation sites excluding steroid dienone is 4. The van der Waals surface area contributed by atoms with Gasteiger partial charge in [0.1, 0.15) is 17.2 Å². The number of fused-ring (bicyclic) bond motifs is 17. The molecule has 0 radical (unpaired) electrons. The van der Waals surface area contributed by atoms with E-state index in [0.717, 1.165) is 172 Å². The Morgan fingerprint density at radius 3 is 1.30 bits per heavy atom. The van der Waals surface area contributed by atoms with Gasteiger partial charge in [0.05, 0.1) is 67.6 Å². The highest BCUT2D eigenvalue weighted by atomic mass is 16.3. The van der Waals surface area contributed by atoms with Crippen molar-refractivity contribution in [2.45, 2.75) is 12.8 Å². The fraction of sp³-hybridized carbons (Fsp3) is 0.0217. The van der Waals surface area contributed by atoms with E-state index in [2.05, 4.69) is 328 Å². The second-order valence-corrected chi connectivity index (χ2v) is 25.9. The van der Waals surface area contributed by atoms with E-state index in [1.807, 2.05) is 12.1 Å². The molecule has 0 bridgehead atoms. The van der Waals surface area contributed by atoms with Crippen LogP contribution in [-0.4, -0.2) is 18.3 Å². The van der Waals surface area contributed by atoms with Gasteiger partial charge in [0.25, 0.3) is 0 Å². The van der Waals surface area contributed by atoms with Crippen LogP contribution in [0.1, 0.15) is 18.4 Å². The molecule has 0 amide bonds. The second-order valence-electron chi connectivity index (χ2n) is 25.9. The SMILES string of the molecule is [C-]#[N+]c1c(-c2ccc3oc4ccc(-c5ccccc5)cc4c3c2)c(C#N)c(-n2c3ccc(-c4ccccc4)cc3c3ccc4c(c5ccccc5n4C4=CCCC=C4)c32)c(-c2ccccc2)c1-n1c2ccc(-c3ccccc3)cc2c2ccc3c(c4ccccc4n3-c3ccccc3)c21. The first kappa shape index (κ1) is 55.9. The number of furan rings is 1. The molecule has 99 heavy (non-hydrogen) atoms. The van der Waals surface area contributed by atoms with Crippen LogP contribution in [0.25, 0.3) is 192 Å². The van der Waals surface area contributed by atoms with E-state index >= 15 is 0 Å². The summed E-state index contributed by atoms with van der Waals surface area (Å²) in [6.07, 6.45) is 8.80. The highest BCUT2D eigenvalue weighted by Crippen LogP contribution is 2.55. The van der Waals surface area contributed by atoms with E-state index in [9.17, 15) is 11.8 Å². The van der Waals surface area contributed by atoms with Crippen LogP contribution < -0.4 is 0 Å². The Labute approximate surface area is 569 Å². The summed E-state index contributed by atoms with van der Waals surface area (Å²) in [6.45, 7) is 10.1. The lowest BCUT2D eigenvalue weighted by molar-refractivity contribution is 0.669. The summed E-state index contributed by atoms with van der Waals surface area (Å²) in [5.74, 6) is 0. The van der Waals surface area contributed by atoms with Crippen LogP contribution in [0.3, 0.4) is 0 Å². The van der Waals surface area contributed by atoms with E-state index in [1.165, 1.54) is 0 Å². The van der Waals surface area contributed by atoms with Crippen molar-refractivity contribution in [1.82, 2.24) is 18.3 Å². The fourth-order valence-electron chi connectivity index (χ4n) is 16.4. The van der Waals surface area contributed by atoms with Gasteiger partial charge in [-0.1, -0.05) is 224 Å². The molecule has 7 nitrogen and oxygen atoms in total. The minimum absolute atomic E-state index is 0.339. The molecular formula is C92H56N6O. The predicted octanol–water partition coefficient (Wildman–Crippen LogP) is 24.9. The zero-order valence-electron chi connectivity index (χ0n) is 53.5. The van der Waals surface area contributed by atoms with Crippen LogP contribution in [0.5, 0.6) is 0 Å². The largest absolute Gasteiger partial charge is 0.456 e. The standard InChI is InChI=1S/C92H56N6O/c1-94-88-84(64-43-51-83-74(55-64)73-54-63(42-50-82(73)99-83)59-28-12-4-13-29-59)75(56-93)91(97-78-46-40-61(57-24-8-2-9-25-57)52-71(78)67-44-48-80-86(89(67)97)69-36-20-22-38-76(69)95(80)65-32-16-6-17-33-65)85(60-30-14-5-15-31-60)92(88)98-79-47-41-62(58-26-10-3-11-27-58)53-72(79)68-45-49-81-87(90(68)98)70-37-21-23-39-77(70)96(81)66-34-18-7-19-35-66/h2-5,7-16,18-55H,6,17H2. The number of nitrogens with zero attached hydrogens (tertiary/aromatic N) is 6. The van der Waals surface area contributed by atoms with Crippen LogP contribution in [0, 0.1) is 17.9 Å². The van der Waals surface area contributed by atoms with Crippen LogP contribution in [-0.2, 0) is 0 Å². The lowest BCUT2D eigenvalue weighted by atomic mass is 9.88. The molecule has 0 saturated heterocycles. The van der Waals surface area contributed by atoms with Crippen molar-refractivity contribution in [3.63, 3.8) is 0 Å². The van der Waals surface area contributed by atoms with Gasteiger partial charge in [-0.2, -0.15) is 5.26 Å². The lowest BCUT2D eigenvalue weighted by Gasteiger charge is -2.26. The van der Waals surface area contributed by atoms with Gasteiger partial charge in [0.2, 0.25) is 5.69 Å². The quantitative estimate of drug-likeness (QED) is 0.135. The summed E-state index contributed by atoms with van der Waals surface area (Å²) >= 11 is 0. The molecule has 0 atom stereocenters. The minimum Gasteiger partial charge on any atom is -0.456 e. The van der Waals surface area contributed by atoms with Crippen LogP contribution in [0.2, 0.25) is 0 Å². The third kappa shape index (κ3) is 8.36. The molecule has 5 heterocycles. The van der Waals surface area contributed by atoms with Gasteiger partial charge in [0, 0.05) is 76.4 Å². The number of benzene rings is 14. The van der Waals surface area contributed by atoms with Gasteiger partial charge in [-0.05, 0) is 148 Å². The van der Waals surface area contributed by atoms with Gasteiger partial charge in [-0.25, -0.2) is 4.85 Å². The maximum Gasteiger partial charge on any atom is 0.220 e. The van der Waals surface area contributed by atoms with Crippen molar-refractivity contribution in [2.75, 3.05) is 0 Å². The van der Waals surface area contributed by atoms with Crippen molar-refractivity contribution in [3.8, 4) is 78.8 Å². The third-order valence-electron chi connectivity index (χ3n) is 20.6. The second kappa shape index (κ2) is 22.1. The summed E-state index contributed by atoms with van der Waals surface area (Å²) in [5, 5.41) is 23.2. The average Bonchev–Trinajstić information content (AvgIpc) is 1.56. The predicted molar refractivity (Wildman–Crippen MR) is 411 cm³/mol. The first-order valence-electron chi connectivity index (χ1n) is 33.7. The Bertz CT molecular complexity index is 6760. The molecule has 19 aromatic rings. The molecule has 0 N–H and O–H groups in total. The van der Waals surface area contributed by atoms with Crippen LogP contribution >= 0.6 is 0 Å². The smallest absolute Gasteiger partial charge is 0.220 e. The summed E-state index contributed by atoms with van der Waals surface area (Å²) in [7, 11) is 0. The number of aromatic nitrogens is 4. The maximum absolute atomic E-state index is 13.0. The molecule has 14 aromatic carbocycles. The topological polar surface area (TPSA) is 61.0 Å². The Balaban J connectivity index is 1.03. The van der Waals surface area contributed by atoms with Crippen LogP contribution in [0.4, 0.5) is 5.69 Å². The van der Waals surface area contributed by atoms with Crippen LogP contribution in [0.15, 0.2) is 320 Å². The molecule has 0 unspecified atom stereocenters. The van der Waals surface area contributed by atoms with Crippen molar-refractivity contribution in [3.05, 3.63) is 332 Å². The van der Waals surface area contributed by atoms with Crippen molar-refractivity contribution in [2.24, 2.45) is 0 Å². The highest BCUT2D eigenvalue weighted by Gasteiger charge is 2.34. The first-order valence-corrected chi connectivity index (χ1v) is 33.7. The van der Waals surface area contributed by atoms with E-state index in [1.54, 1.807) is 0 Å². The van der Waals surface area contributed by atoms with E-state index < -0.39 is 0 Å². The average molecular weight is 1260 g/mol. The normalized spacial score (nSPS) is 12.6. The molecule has 1 aliphatic rings. The Morgan fingerprint density at radius 1 is 0.343 bits per heavy atom. The summed E-state index contributed by atoms with van der Waals surface area (Å²) in [4.78, 5) is 4.92. The van der Waals surface area contributed by atoms with Gasteiger partial charge in [-0.3, -0.25) is 0 Å². The van der Waals surface area contributed by atoms with Crippen molar-refractivity contribution >= 4 is 121 Å². The Hall–Kier alpha value is -13.5. The number of hydrogen-bond donors (Lipinski definition) is 0. The number of hydrogen-bond acceptors (Lipinski definition) is 2. The summed E-state index contributed by atoms with van der Waals surface area (Å²) < 4.78 is 16.4. The van der Waals surface area contributed by atoms with E-state index in [4.69, 9.17) is 9.26 Å². The van der Waals surface area contributed by atoms with Crippen molar-refractivity contribution < 1.29 is 4.42 Å². The zero-order chi connectivity index (χ0) is 65.4. The molecule has 0 spiro atoms. The first-order chi connectivity index (χ1) is 49.1. The third-order valence-corrected chi connectivity index (χ3v) is 20.6. The Morgan fingerprint density at radius 2 is 0.778 bits per heavy atom. The van der Waals surface area contributed by atoms with E-state index in [-0.39, 0.29) is 0 Å². The fourth-order valence-corrected chi connectivity index (χ4v) is 16.4. The van der Waals surface area contributed by atoms with Gasteiger partial charge >= 0.3 is 0 Å².